The van der Waals surface area contributed by atoms with Gasteiger partial charge in [0.15, 0.2) is 0 Å². The predicted octanol–water partition coefficient (Wildman–Crippen LogP) is 1.00. The third kappa shape index (κ3) is 2.18. The highest BCUT2D eigenvalue weighted by Crippen LogP contribution is 2.28. The SMILES string of the molecule is O=C(O)c1ccoc1CNC(=O)C1CC1. The molecular formula is C10H11NO4. The molecule has 80 valence electrons. The summed E-state index contributed by atoms with van der Waals surface area (Å²) in [6, 6.07) is 1.38. The fourth-order valence-corrected chi connectivity index (χ4v) is 1.33. The second-order valence-electron chi connectivity index (χ2n) is 3.55. The number of carboxylic acids is 1. The van der Waals surface area contributed by atoms with Crippen LogP contribution in [0.25, 0.3) is 0 Å². The van der Waals surface area contributed by atoms with Gasteiger partial charge in [-0.15, -0.1) is 0 Å². The molecule has 1 aromatic heterocycles. The van der Waals surface area contributed by atoms with Crippen LogP contribution in [0.1, 0.15) is 29.0 Å². The van der Waals surface area contributed by atoms with E-state index in [-0.39, 0.29) is 29.7 Å². The zero-order valence-electron chi connectivity index (χ0n) is 8.03. The van der Waals surface area contributed by atoms with Crippen LogP contribution in [0.3, 0.4) is 0 Å². The fraction of sp³-hybridized carbons (Fsp3) is 0.400. The van der Waals surface area contributed by atoms with Gasteiger partial charge in [-0.25, -0.2) is 4.79 Å². The minimum absolute atomic E-state index is 0.0252. The van der Waals surface area contributed by atoms with E-state index in [9.17, 15) is 9.59 Å². The van der Waals surface area contributed by atoms with E-state index in [2.05, 4.69) is 5.32 Å². The number of amides is 1. The molecule has 0 saturated heterocycles. The lowest BCUT2D eigenvalue weighted by Crippen LogP contribution is -2.24. The van der Waals surface area contributed by atoms with Crippen molar-refractivity contribution in [1.82, 2.24) is 5.32 Å². The second-order valence-corrected chi connectivity index (χ2v) is 3.55. The summed E-state index contributed by atoms with van der Waals surface area (Å²) in [5, 5.41) is 11.4. The molecule has 5 heteroatoms. The molecule has 1 heterocycles. The molecule has 2 N–H and O–H groups in total. The summed E-state index contributed by atoms with van der Waals surface area (Å²) >= 11 is 0. The smallest absolute Gasteiger partial charge is 0.339 e. The highest BCUT2D eigenvalue weighted by Gasteiger charge is 2.29. The number of carboxylic acid groups (broad SMARTS) is 1. The average molecular weight is 209 g/mol. The number of carbonyl (C=O) groups excluding carboxylic acids is 1. The average Bonchev–Trinajstić information content (AvgIpc) is 2.93. The van der Waals surface area contributed by atoms with Gasteiger partial charge in [-0.2, -0.15) is 0 Å². The van der Waals surface area contributed by atoms with Crippen molar-refractivity contribution < 1.29 is 19.1 Å². The van der Waals surface area contributed by atoms with Gasteiger partial charge in [0, 0.05) is 5.92 Å². The van der Waals surface area contributed by atoms with Gasteiger partial charge in [0.25, 0.3) is 0 Å². The molecule has 0 radical (unpaired) electrons. The number of carbonyl (C=O) groups is 2. The minimum atomic E-state index is -1.04. The molecule has 1 aliphatic rings. The van der Waals surface area contributed by atoms with Crippen molar-refractivity contribution in [2.75, 3.05) is 0 Å². The molecule has 0 bridgehead atoms. The zero-order chi connectivity index (χ0) is 10.8. The van der Waals surface area contributed by atoms with Crippen molar-refractivity contribution in [3.8, 4) is 0 Å². The maximum Gasteiger partial charge on any atom is 0.339 e. The first kappa shape index (κ1) is 9.76. The molecule has 0 aromatic carbocycles. The summed E-state index contributed by atoms with van der Waals surface area (Å²) in [4.78, 5) is 22.0. The molecule has 0 spiro atoms. The van der Waals surface area contributed by atoms with Gasteiger partial charge in [-0.05, 0) is 18.9 Å². The summed E-state index contributed by atoms with van der Waals surface area (Å²) < 4.78 is 4.98. The van der Waals surface area contributed by atoms with Crippen molar-refractivity contribution in [3.63, 3.8) is 0 Å². The zero-order valence-corrected chi connectivity index (χ0v) is 8.03. The molecule has 15 heavy (non-hydrogen) atoms. The van der Waals surface area contributed by atoms with Crippen molar-refractivity contribution >= 4 is 11.9 Å². The van der Waals surface area contributed by atoms with Crippen molar-refractivity contribution in [2.45, 2.75) is 19.4 Å². The van der Waals surface area contributed by atoms with Crippen molar-refractivity contribution in [2.24, 2.45) is 5.92 Å². The van der Waals surface area contributed by atoms with Gasteiger partial charge in [0.05, 0.1) is 12.8 Å². The number of rotatable bonds is 4. The Hall–Kier alpha value is -1.78. The van der Waals surface area contributed by atoms with Crippen molar-refractivity contribution in [1.29, 1.82) is 0 Å². The number of nitrogens with one attached hydrogen (secondary N) is 1. The Morgan fingerprint density at radius 3 is 2.87 bits per heavy atom. The van der Waals surface area contributed by atoms with Gasteiger partial charge >= 0.3 is 5.97 Å². The third-order valence-electron chi connectivity index (χ3n) is 2.35. The number of hydrogen-bond donors (Lipinski definition) is 2. The van der Waals surface area contributed by atoms with Crippen LogP contribution in [0.2, 0.25) is 0 Å². The lowest BCUT2D eigenvalue weighted by Gasteiger charge is -2.02. The molecule has 2 rings (SSSR count). The summed E-state index contributed by atoms with van der Waals surface area (Å²) in [7, 11) is 0. The largest absolute Gasteiger partial charge is 0.478 e. The van der Waals surface area contributed by atoms with Crippen LogP contribution in [0.15, 0.2) is 16.7 Å². The third-order valence-corrected chi connectivity index (χ3v) is 2.35. The number of hydrogen-bond acceptors (Lipinski definition) is 3. The molecule has 1 aliphatic carbocycles. The summed E-state index contributed by atoms with van der Waals surface area (Å²) in [5.74, 6) is -0.660. The number of furan rings is 1. The van der Waals surface area contributed by atoms with Gasteiger partial charge in [-0.1, -0.05) is 0 Å². The van der Waals surface area contributed by atoms with E-state index >= 15 is 0 Å². The van der Waals surface area contributed by atoms with Crippen LogP contribution in [0.4, 0.5) is 0 Å². The van der Waals surface area contributed by atoms with E-state index in [1.165, 1.54) is 12.3 Å². The number of aromatic carboxylic acids is 1. The van der Waals surface area contributed by atoms with Crippen LogP contribution in [-0.4, -0.2) is 17.0 Å². The summed E-state index contributed by atoms with van der Waals surface area (Å²) in [5.41, 5.74) is 0.103. The van der Waals surface area contributed by atoms with Crippen molar-refractivity contribution in [3.05, 3.63) is 23.7 Å². The van der Waals surface area contributed by atoms with E-state index in [1.807, 2.05) is 0 Å². The first-order valence-corrected chi connectivity index (χ1v) is 4.76. The van der Waals surface area contributed by atoms with Gasteiger partial charge in [-0.3, -0.25) is 4.79 Å². The Bertz CT molecular complexity index is 392. The molecule has 1 fully saturated rings. The standard InChI is InChI=1S/C10H11NO4/c12-9(6-1-2-6)11-5-8-7(10(13)14)3-4-15-8/h3-4,6H,1-2,5H2,(H,11,12)(H,13,14). The summed E-state index contributed by atoms with van der Waals surface area (Å²) in [6.45, 7) is 0.143. The molecule has 1 saturated carbocycles. The Morgan fingerprint density at radius 2 is 2.27 bits per heavy atom. The Balaban J connectivity index is 1.94. The molecule has 0 unspecified atom stereocenters. The molecule has 0 atom stereocenters. The normalized spacial score (nSPS) is 14.9. The molecular weight excluding hydrogens is 198 g/mol. The monoisotopic (exact) mass is 209 g/mol. The van der Waals surface area contributed by atoms with Gasteiger partial charge in [0.1, 0.15) is 11.3 Å². The summed E-state index contributed by atoms with van der Waals surface area (Å²) in [6.07, 6.45) is 3.16. The van der Waals surface area contributed by atoms with E-state index in [0.717, 1.165) is 12.8 Å². The lowest BCUT2D eigenvalue weighted by molar-refractivity contribution is -0.122. The fourth-order valence-electron chi connectivity index (χ4n) is 1.33. The lowest BCUT2D eigenvalue weighted by atomic mass is 10.2. The highest BCUT2D eigenvalue weighted by atomic mass is 16.4. The van der Waals surface area contributed by atoms with E-state index < -0.39 is 5.97 Å². The van der Waals surface area contributed by atoms with Crippen LogP contribution < -0.4 is 5.32 Å². The quantitative estimate of drug-likeness (QED) is 0.775. The first-order chi connectivity index (χ1) is 7.18. The minimum Gasteiger partial charge on any atom is -0.478 e. The van der Waals surface area contributed by atoms with Crippen LogP contribution in [-0.2, 0) is 11.3 Å². The maximum atomic E-state index is 11.3. The molecule has 1 aromatic rings. The van der Waals surface area contributed by atoms with Gasteiger partial charge in [0.2, 0.25) is 5.91 Å². The molecule has 0 aliphatic heterocycles. The Morgan fingerprint density at radius 1 is 1.53 bits per heavy atom. The van der Waals surface area contributed by atoms with Gasteiger partial charge < -0.3 is 14.8 Å². The van der Waals surface area contributed by atoms with Crippen LogP contribution in [0, 0.1) is 5.92 Å². The van der Waals surface area contributed by atoms with Crippen LogP contribution >= 0.6 is 0 Å². The van der Waals surface area contributed by atoms with E-state index in [1.54, 1.807) is 0 Å². The second kappa shape index (κ2) is 3.76. The first-order valence-electron chi connectivity index (χ1n) is 4.76. The Kier molecular flexibility index (Phi) is 2.45. The van der Waals surface area contributed by atoms with E-state index in [0.29, 0.717) is 0 Å². The topological polar surface area (TPSA) is 79.5 Å². The molecule has 1 amide bonds. The predicted molar refractivity (Wildman–Crippen MR) is 50.2 cm³/mol. The molecule has 5 nitrogen and oxygen atoms in total. The van der Waals surface area contributed by atoms with E-state index in [4.69, 9.17) is 9.52 Å². The highest BCUT2D eigenvalue weighted by molar-refractivity contribution is 5.89. The Labute approximate surface area is 86.1 Å². The maximum absolute atomic E-state index is 11.3. The van der Waals surface area contributed by atoms with Crippen LogP contribution in [0.5, 0.6) is 0 Å².